The molecule has 4 rings (SSSR count). The van der Waals surface area contributed by atoms with Gasteiger partial charge in [-0.1, -0.05) is 0 Å². The van der Waals surface area contributed by atoms with E-state index in [-0.39, 0.29) is 11.9 Å². The zero-order valence-electron chi connectivity index (χ0n) is 14.7. The van der Waals surface area contributed by atoms with Crippen molar-refractivity contribution in [1.82, 2.24) is 14.4 Å². The van der Waals surface area contributed by atoms with Crippen molar-refractivity contribution in [2.24, 2.45) is 0 Å². The standard InChI is InChI=1S/C19H22N4O3/c1-2-25-16-10-13(5-6-15(16)24)18-19(21-11-14-4-3-9-26-14)23-8-7-20-12-17(23)22-18/h5-8,10,12,14,21,24H,2-4,9,11H2,1H3/t14-/m1/s1. The quantitative estimate of drug-likeness (QED) is 0.708. The van der Waals surface area contributed by atoms with Gasteiger partial charge in [-0.15, -0.1) is 0 Å². The maximum absolute atomic E-state index is 9.98. The topological polar surface area (TPSA) is 80.9 Å². The van der Waals surface area contributed by atoms with E-state index in [1.165, 1.54) is 0 Å². The second-order valence-electron chi connectivity index (χ2n) is 6.24. The number of hydrogen-bond donors (Lipinski definition) is 2. The molecule has 0 aliphatic carbocycles. The lowest BCUT2D eigenvalue weighted by Gasteiger charge is -2.13. The van der Waals surface area contributed by atoms with Crippen LogP contribution in [0.5, 0.6) is 11.5 Å². The summed E-state index contributed by atoms with van der Waals surface area (Å²) >= 11 is 0. The third-order valence-corrected chi connectivity index (χ3v) is 4.48. The molecule has 1 aliphatic heterocycles. The number of imidazole rings is 1. The third kappa shape index (κ3) is 3.17. The minimum Gasteiger partial charge on any atom is -0.504 e. The number of rotatable bonds is 6. The zero-order chi connectivity index (χ0) is 17.9. The average Bonchev–Trinajstić information content (AvgIpc) is 3.29. The van der Waals surface area contributed by atoms with E-state index in [0.717, 1.165) is 48.7 Å². The van der Waals surface area contributed by atoms with Crippen LogP contribution in [-0.4, -0.2) is 45.3 Å². The molecule has 2 aromatic heterocycles. The van der Waals surface area contributed by atoms with Crippen LogP contribution in [0.15, 0.2) is 36.8 Å². The van der Waals surface area contributed by atoms with Crippen LogP contribution in [0, 0.1) is 0 Å². The Labute approximate surface area is 151 Å². The first-order valence-electron chi connectivity index (χ1n) is 8.90. The Morgan fingerprint density at radius 2 is 2.35 bits per heavy atom. The van der Waals surface area contributed by atoms with Crippen molar-refractivity contribution in [2.75, 3.05) is 25.1 Å². The highest BCUT2D eigenvalue weighted by molar-refractivity contribution is 5.77. The highest BCUT2D eigenvalue weighted by Crippen LogP contribution is 2.35. The molecule has 7 nitrogen and oxygen atoms in total. The summed E-state index contributed by atoms with van der Waals surface area (Å²) in [5, 5.41) is 13.5. The summed E-state index contributed by atoms with van der Waals surface area (Å²) in [5.41, 5.74) is 2.41. The van der Waals surface area contributed by atoms with Crippen LogP contribution < -0.4 is 10.1 Å². The monoisotopic (exact) mass is 354 g/mol. The fourth-order valence-corrected chi connectivity index (χ4v) is 3.23. The molecule has 1 atom stereocenters. The maximum Gasteiger partial charge on any atom is 0.161 e. The van der Waals surface area contributed by atoms with Crippen molar-refractivity contribution in [2.45, 2.75) is 25.9 Å². The molecule has 3 heterocycles. The molecule has 1 fully saturated rings. The molecule has 1 aromatic carbocycles. The van der Waals surface area contributed by atoms with Crippen LogP contribution in [0.3, 0.4) is 0 Å². The number of nitrogens with one attached hydrogen (secondary N) is 1. The summed E-state index contributed by atoms with van der Waals surface area (Å²) in [6.45, 7) is 3.92. The Morgan fingerprint density at radius 1 is 1.42 bits per heavy atom. The average molecular weight is 354 g/mol. The van der Waals surface area contributed by atoms with Gasteiger partial charge in [-0.3, -0.25) is 9.38 Å². The number of benzene rings is 1. The van der Waals surface area contributed by atoms with Gasteiger partial charge in [-0.25, -0.2) is 4.98 Å². The molecule has 7 heteroatoms. The zero-order valence-corrected chi connectivity index (χ0v) is 14.7. The number of fused-ring (bicyclic) bond motifs is 1. The molecular weight excluding hydrogens is 332 g/mol. The van der Waals surface area contributed by atoms with Crippen LogP contribution >= 0.6 is 0 Å². The molecular formula is C19H22N4O3. The van der Waals surface area contributed by atoms with Gasteiger partial charge < -0.3 is 19.9 Å². The van der Waals surface area contributed by atoms with Crippen LogP contribution in [0.25, 0.3) is 16.9 Å². The van der Waals surface area contributed by atoms with Gasteiger partial charge in [-0.2, -0.15) is 0 Å². The number of ether oxygens (including phenoxy) is 2. The minimum absolute atomic E-state index is 0.120. The Bertz CT molecular complexity index is 903. The molecule has 26 heavy (non-hydrogen) atoms. The molecule has 0 radical (unpaired) electrons. The summed E-state index contributed by atoms with van der Waals surface area (Å²) in [5.74, 6) is 1.45. The van der Waals surface area contributed by atoms with Gasteiger partial charge in [0.15, 0.2) is 17.1 Å². The van der Waals surface area contributed by atoms with Crippen molar-refractivity contribution in [3.05, 3.63) is 36.8 Å². The van der Waals surface area contributed by atoms with Gasteiger partial charge in [0.25, 0.3) is 0 Å². The first-order valence-corrected chi connectivity index (χ1v) is 8.90. The predicted octanol–water partition coefficient (Wildman–Crippen LogP) is 3.09. The predicted molar refractivity (Wildman–Crippen MR) is 98.7 cm³/mol. The van der Waals surface area contributed by atoms with E-state index in [9.17, 15) is 5.11 Å². The number of aromatic nitrogens is 3. The fourth-order valence-electron chi connectivity index (χ4n) is 3.23. The Morgan fingerprint density at radius 3 is 3.15 bits per heavy atom. The van der Waals surface area contributed by atoms with Crippen molar-refractivity contribution in [3.63, 3.8) is 0 Å². The largest absolute Gasteiger partial charge is 0.504 e. The number of anilines is 1. The van der Waals surface area contributed by atoms with E-state index in [4.69, 9.17) is 14.5 Å². The number of phenols is 1. The third-order valence-electron chi connectivity index (χ3n) is 4.48. The molecule has 0 bridgehead atoms. The normalized spacial score (nSPS) is 16.9. The van der Waals surface area contributed by atoms with Crippen molar-refractivity contribution >= 4 is 11.5 Å². The van der Waals surface area contributed by atoms with Crippen LogP contribution in [-0.2, 0) is 4.74 Å². The van der Waals surface area contributed by atoms with Gasteiger partial charge in [0.2, 0.25) is 0 Å². The molecule has 0 spiro atoms. The van der Waals surface area contributed by atoms with Gasteiger partial charge in [0.1, 0.15) is 11.5 Å². The molecule has 0 unspecified atom stereocenters. The molecule has 1 saturated heterocycles. The van der Waals surface area contributed by atoms with E-state index in [1.54, 1.807) is 18.5 Å². The number of nitrogens with zero attached hydrogens (tertiary/aromatic N) is 3. The fraction of sp³-hybridized carbons (Fsp3) is 0.368. The second-order valence-corrected chi connectivity index (χ2v) is 6.24. The lowest BCUT2D eigenvalue weighted by Crippen LogP contribution is -2.19. The molecule has 1 aliphatic rings. The summed E-state index contributed by atoms with van der Waals surface area (Å²) in [6, 6.07) is 5.28. The summed E-state index contributed by atoms with van der Waals surface area (Å²) < 4.78 is 13.2. The van der Waals surface area contributed by atoms with Crippen LogP contribution in [0.4, 0.5) is 5.82 Å². The second kappa shape index (κ2) is 7.21. The van der Waals surface area contributed by atoms with Crippen molar-refractivity contribution < 1.29 is 14.6 Å². The van der Waals surface area contributed by atoms with E-state index in [1.807, 2.05) is 29.7 Å². The van der Waals surface area contributed by atoms with E-state index >= 15 is 0 Å². The smallest absolute Gasteiger partial charge is 0.161 e. The first kappa shape index (κ1) is 16.7. The molecule has 2 N–H and O–H groups in total. The summed E-state index contributed by atoms with van der Waals surface area (Å²) in [4.78, 5) is 8.88. The lowest BCUT2D eigenvalue weighted by atomic mass is 10.1. The number of hydrogen-bond acceptors (Lipinski definition) is 6. The summed E-state index contributed by atoms with van der Waals surface area (Å²) in [7, 11) is 0. The van der Waals surface area contributed by atoms with Crippen molar-refractivity contribution in [1.29, 1.82) is 0 Å². The number of phenolic OH excluding ortho intramolecular Hbond substituents is 1. The maximum atomic E-state index is 9.98. The van der Waals surface area contributed by atoms with Crippen LogP contribution in [0.2, 0.25) is 0 Å². The number of aromatic hydroxyl groups is 1. The summed E-state index contributed by atoms with van der Waals surface area (Å²) in [6.07, 6.45) is 7.73. The van der Waals surface area contributed by atoms with Gasteiger partial charge in [0, 0.05) is 31.1 Å². The Kier molecular flexibility index (Phi) is 4.62. The first-order chi connectivity index (χ1) is 12.8. The lowest BCUT2D eigenvalue weighted by molar-refractivity contribution is 0.120. The minimum atomic E-state index is 0.120. The molecule has 0 amide bonds. The molecule has 136 valence electrons. The van der Waals surface area contributed by atoms with Gasteiger partial charge >= 0.3 is 0 Å². The van der Waals surface area contributed by atoms with Gasteiger partial charge in [0.05, 0.1) is 18.9 Å². The Balaban J connectivity index is 1.73. The highest BCUT2D eigenvalue weighted by atomic mass is 16.5. The van der Waals surface area contributed by atoms with Crippen LogP contribution in [0.1, 0.15) is 19.8 Å². The van der Waals surface area contributed by atoms with Gasteiger partial charge in [-0.05, 0) is 38.0 Å². The Hall–Kier alpha value is -2.80. The van der Waals surface area contributed by atoms with E-state index in [0.29, 0.717) is 12.4 Å². The van der Waals surface area contributed by atoms with Crippen molar-refractivity contribution in [3.8, 4) is 22.8 Å². The molecule has 3 aromatic rings. The van der Waals surface area contributed by atoms with E-state index < -0.39 is 0 Å². The SMILES string of the molecule is CCOc1cc(-c2nc3cnccn3c2NC[C@H]2CCCO2)ccc1O. The molecule has 0 saturated carbocycles. The highest BCUT2D eigenvalue weighted by Gasteiger charge is 2.19. The van der Waals surface area contributed by atoms with E-state index in [2.05, 4.69) is 10.3 Å².